The van der Waals surface area contributed by atoms with Crippen LogP contribution in [0.4, 0.5) is 4.79 Å². The first-order chi connectivity index (χ1) is 22.7. The van der Waals surface area contributed by atoms with Gasteiger partial charge in [0.2, 0.25) is 10.0 Å². The van der Waals surface area contributed by atoms with E-state index >= 15 is 0 Å². The lowest BCUT2D eigenvalue weighted by Crippen LogP contribution is -2.35. The molecule has 0 radical (unpaired) electrons. The number of hydrogen-bond acceptors (Lipinski definition) is 9. The number of fused-ring (bicyclic) bond motifs is 3. The Balaban J connectivity index is 1.55. The number of para-hydroxylation sites is 1. The Kier molecular flexibility index (Phi) is 8.54. The number of aromatic nitrogens is 4. The highest BCUT2D eigenvalue weighted by Gasteiger charge is 2.34. The lowest BCUT2D eigenvalue weighted by Gasteiger charge is -2.24. The Bertz CT molecular complexity index is 2160. The van der Waals surface area contributed by atoms with E-state index in [0.717, 1.165) is 16.6 Å². The fraction of sp³-hybridized carbons (Fsp3) is 0.371. The number of carbonyl (C=O) groups excluding carboxylic acids is 2. The van der Waals surface area contributed by atoms with Crippen LogP contribution in [0.1, 0.15) is 62.3 Å². The maximum absolute atomic E-state index is 14.1. The SMILES string of the molecule is COC(=O)CC(c1cc(CN2C[C@@H](C)Oc3ccccc3S2(=O)=O)c2ccn(C(=O)OC(C)(C)C)c2c1)c1ccc2c(nnn2C)c1C. The summed E-state index contributed by atoms with van der Waals surface area (Å²) < 4.78 is 49.5. The third-order valence-corrected chi connectivity index (χ3v) is 10.4. The molecule has 13 heteroatoms. The van der Waals surface area contributed by atoms with E-state index in [-0.39, 0.29) is 24.4 Å². The van der Waals surface area contributed by atoms with E-state index in [9.17, 15) is 18.0 Å². The lowest BCUT2D eigenvalue weighted by molar-refractivity contribution is -0.140. The number of rotatable bonds is 6. The summed E-state index contributed by atoms with van der Waals surface area (Å²) in [6.07, 6.45) is 0.597. The smallest absolute Gasteiger partial charge is 0.418 e. The van der Waals surface area contributed by atoms with E-state index in [1.54, 1.807) is 62.0 Å². The van der Waals surface area contributed by atoms with Crippen LogP contribution in [0, 0.1) is 6.92 Å². The normalized spacial score (nSPS) is 17.0. The van der Waals surface area contributed by atoms with Gasteiger partial charge in [-0.3, -0.25) is 9.36 Å². The standard InChI is InChI=1S/C35H39N5O7S/c1-21-19-39(48(43,44)31-11-9-8-10-30(31)46-21)20-24-16-23(17-29-26(24)14-15-40(29)34(42)47-35(3,4)5)27(18-32(41)45-7)25-12-13-28-33(22(25)2)36-37-38(28)6/h8-17,21,27H,18-20H2,1-7H3/t21-,27?/m1/s1. The molecule has 0 spiro atoms. The Morgan fingerprint density at radius 1 is 1.08 bits per heavy atom. The van der Waals surface area contributed by atoms with Gasteiger partial charge in [0.15, 0.2) is 0 Å². The molecule has 0 saturated carbocycles. The molecule has 5 aromatic rings. The van der Waals surface area contributed by atoms with Crippen molar-refractivity contribution in [1.29, 1.82) is 0 Å². The molecule has 2 atom stereocenters. The van der Waals surface area contributed by atoms with Gasteiger partial charge in [-0.05, 0) is 87.2 Å². The van der Waals surface area contributed by atoms with Gasteiger partial charge in [0.1, 0.15) is 27.9 Å². The highest BCUT2D eigenvalue weighted by Crippen LogP contribution is 2.38. The van der Waals surface area contributed by atoms with Crippen LogP contribution in [-0.2, 0) is 37.9 Å². The predicted molar refractivity (Wildman–Crippen MR) is 179 cm³/mol. The molecule has 0 bridgehead atoms. The van der Waals surface area contributed by atoms with Gasteiger partial charge in [0, 0.05) is 31.1 Å². The molecule has 252 valence electrons. The third kappa shape index (κ3) is 6.15. The van der Waals surface area contributed by atoms with Gasteiger partial charge in [0.25, 0.3) is 0 Å². The molecule has 6 rings (SSSR count). The van der Waals surface area contributed by atoms with E-state index in [4.69, 9.17) is 14.2 Å². The Labute approximate surface area is 279 Å². The van der Waals surface area contributed by atoms with Gasteiger partial charge in [0.05, 0.1) is 31.1 Å². The van der Waals surface area contributed by atoms with Gasteiger partial charge in [-0.1, -0.05) is 29.5 Å². The Hall–Kier alpha value is -4.75. The molecule has 0 N–H and O–H groups in total. The minimum atomic E-state index is -3.97. The lowest BCUT2D eigenvalue weighted by atomic mass is 9.84. The average Bonchev–Trinajstić information content (AvgIpc) is 3.61. The maximum atomic E-state index is 14.1. The molecular formula is C35H39N5O7S. The Morgan fingerprint density at radius 2 is 1.83 bits per heavy atom. The van der Waals surface area contributed by atoms with Crippen LogP contribution in [-0.4, -0.2) is 69.7 Å². The zero-order valence-electron chi connectivity index (χ0n) is 28.1. The summed E-state index contributed by atoms with van der Waals surface area (Å²) in [5.41, 5.74) is 4.31. The van der Waals surface area contributed by atoms with Crippen LogP contribution in [0.5, 0.6) is 5.75 Å². The molecular weight excluding hydrogens is 634 g/mol. The molecule has 48 heavy (non-hydrogen) atoms. The second kappa shape index (κ2) is 12.4. The summed E-state index contributed by atoms with van der Waals surface area (Å²) in [6, 6.07) is 16.0. The summed E-state index contributed by atoms with van der Waals surface area (Å²) in [4.78, 5) is 26.5. The summed E-state index contributed by atoms with van der Waals surface area (Å²) >= 11 is 0. The number of hydrogen-bond donors (Lipinski definition) is 0. The van der Waals surface area contributed by atoms with E-state index in [2.05, 4.69) is 10.3 Å². The summed E-state index contributed by atoms with van der Waals surface area (Å²) in [5.74, 6) is -0.659. The first-order valence-electron chi connectivity index (χ1n) is 15.7. The van der Waals surface area contributed by atoms with Crippen molar-refractivity contribution in [2.24, 2.45) is 7.05 Å². The van der Waals surface area contributed by atoms with Crippen molar-refractivity contribution >= 4 is 44.0 Å². The number of aryl methyl sites for hydroxylation is 2. The first kappa shape index (κ1) is 33.2. The number of carbonyl (C=O) groups is 2. The number of benzene rings is 3. The van der Waals surface area contributed by atoms with Gasteiger partial charge in [-0.15, -0.1) is 5.10 Å². The van der Waals surface area contributed by atoms with Crippen LogP contribution in [0.2, 0.25) is 0 Å². The van der Waals surface area contributed by atoms with Crippen molar-refractivity contribution in [3.05, 3.63) is 83.0 Å². The minimum Gasteiger partial charge on any atom is -0.488 e. The molecule has 0 fully saturated rings. The average molecular weight is 674 g/mol. The topological polar surface area (TPSA) is 135 Å². The molecule has 3 heterocycles. The summed E-state index contributed by atoms with van der Waals surface area (Å²) in [7, 11) is -0.820. The van der Waals surface area contributed by atoms with Crippen LogP contribution in [0.25, 0.3) is 21.9 Å². The highest BCUT2D eigenvalue weighted by atomic mass is 32.2. The summed E-state index contributed by atoms with van der Waals surface area (Å²) in [5, 5.41) is 9.20. The molecule has 12 nitrogen and oxygen atoms in total. The molecule has 2 aromatic heterocycles. The first-order valence-corrected chi connectivity index (χ1v) is 17.1. The zero-order valence-corrected chi connectivity index (χ0v) is 28.9. The van der Waals surface area contributed by atoms with E-state index < -0.39 is 39.7 Å². The largest absolute Gasteiger partial charge is 0.488 e. The fourth-order valence-electron chi connectivity index (χ4n) is 6.31. The van der Waals surface area contributed by atoms with Crippen molar-refractivity contribution in [2.75, 3.05) is 13.7 Å². The van der Waals surface area contributed by atoms with E-state index in [1.165, 1.54) is 16.0 Å². The number of methoxy groups -OCH3 is 1. The zero-order chi connectivity index (χ0) is 34.5. The molecule has 0 saturated heterocycles. The molecule has 1 aliphatic rings. The third-order valence-electron chi connectivity index (χ3n) is 8.56. The molecule has 1 aliphatic heterocycles. The van der Waals surface area contributed by atoms with Crippen LogP contribution >= 0.6 is 0 Å². The molecule has 0 amide bonds. The fourth-order valence-corrected chi connectivity index (χ4v) is 7.92. The van der Waals surface area contributed by atoms with Crippen LogP contribution in [0.3, 0.4) is 0 Å². The second-order valence-electron chi connectivity index (χ2n) is 13.1. The number of ether oxygens (including phenoxy) is 3. The number of nitrogens with zero attached hydrogens (tertiary/aromatic N) is 5. The van der Waals surface area contributed by atoms with Crippen molar-refractivity contribution in [3.63, 3.8) is 0 Å². The maximum Gasteiger partial charge on any atom is 0.418 e. The summed E-state index contributed by atoms with van der Waals surface area (Å²) in [6.45, 7) is 9.21. The van der Waals surface area contributed by atoms with Crippen molar-refractivity contribution < 1.29 is 32.2 Å². The molecule has 1 unspecified atom stereocenters. The molecule has 3 aromatic carbocycles. The van der Waals surface area contributed by atoms with Crippen molar-refractivity contribution in [3.8, 4) is 5.75 Å². The van der Waals surface area contributed by atoms with Gasteiger partial charge in [-0.25, -0.2) is 17.9 Å². The highest BCUT2D eigenvalue weighted by molar-refractivity contribution is 7.89. The monoisotopic (exact) mass is 673 g/mol. The number of esters is 1. The number of sulfonamides is 1. The van der Waals surface area contributed by atoms with Gasteiger partial charge < -0.3 is 14.2 Å². The quantitative estimate of drug-likeness (QED) is 0.209. The van der Waals surface area contributed by atoms with Gasteiger partial charge >= 0.3 is 12.1 Å². The van der Waals surface area contributed by atoms with E-state index in [0.29, 0.717) is 33.3 Å². The minimum absolute atomic E-state index is 0.0124. The van der Waals surface area contributed by atoms with Crippen LogP contribution in [0.15, 0.2) is 65.7 Å². The van der Waals surface area contributed by atoms with Crippen molar-refractivity contribution in [2.45, 2.75) is 70.1 Å². The van der Waals surface area contributed by atoms with E-state index in [1.807, 2.05) is 45.2 Å². The Morgan fingerprint density at radius 3 is 2.56 bits per heavy atom. The predicted octanol–water partition coefficient (Wildman–Crippen LogP) is 5.68. The second-order valence-corrected chi connectivity index (χ2v) is 15.1. The van der Waals surface area contributed by atoms with Gasteiger partial charge in [-0.2, -0.15) is 4.31 Å². The molecule has 0 aliphatic carbocycles. The van der Waals surface area contributed by atoms with Crippen LogP contribution < -0.4 is 4.74 Å². The van der Waals surface area contributed by atoms with Crippen molar-refractivity contribution in [1.82, 2.24) is 23.9 Å².